The summed E-state index contributed by atoms with van der Waals surface area (Å²) in [6.07, 6.45) is 1.59. The van der Waals surface area contributed by atoms with E-state index in [1.165, 1.54) is 15.6 Å². The fourth-order valence-electron chi connectivity index (χ4n) is 1.23. The van der Waals surface area contributed by atoms with Gasteiger partial charge in [0.1, 0.15) is 4.21 Å². The van der Waals surface area contributed by atoms with Gasteiger partial charge in [-0.15, -0.1) is 17.9 Å². The fourth-order valence-corrected chi connectivity index (χ4v) is 5.03. The lowest BCUT2D eigenvalue weighted by Crippen LogP contribution is -2.30. The first-order valence-corrected chi connectivity index (χ1v) is 7.85. The maximum absolute atomic E-state index is 12.2. The molecule has 16 heavy (non-hydrogen) atoms. The van der Waals surface area contributed by atoms with Gasteiger partial charge in [-0.2, -0.15) is 4.31 Å². The number of thiophene rings is 1. The molecular weight excluding hydrogens is 310 g/mol. The molecule has 6 heteroatoms. The smallest absolute Gasteiger partial charge is 0.206 e. The molecule has 1 heterocycles. The largest absolute Gasteiger partial charge is 0.252 e. The van der Waals surface area contributed by atoms with E-state index in [2.05, 4.69) is 22.5 Å². The zero-order valence-electron chi connectivity index (χ0n) is 9.23. The van der Waals surface area contributed by atoms with Gasteiger partial charge in [0.25, 0.3) is 10.0 Å². The number of likely N-dealkylation sites (N-methyl/N-ethyl adjacent to an activating group) is 1. The Balaban J connectivity index is 3.14. The van der Waals surface area contributed by atoms with Crippen molar-refractivity contribution in [3.8, 4) is 0 Å². The summed E-state index contributed by atoms with van der Waals surface area (Å²) in [6.45, 7) is 8.05. The van der Waals surface area contributed by atoms with Crippen molar-refractivity contribution in [1.82, 2.24) is 4.31 Å². The predicted molar refractivity (Wildman–Crippen MR) is 71.4 cm³/mol. The van der Waals surface area contributed by atoms with Crippen LogP contribution in [0.3, 0.4) is 0 Å². The number of sulfonamides is 1. The third-order valence-electron chi connectivity index (χ3n) is 2.11. The molecule has 0 aliphatic rings. The van der Waals surface area contributed by atoms with Crippen molar-refractivity contribution in [3.63, 3.8) is 0 Å². The number of rotatable bonds is 5. The van der Waals surface area contributed by atoms with Crippen LogP contribution in [0.25, 0.3) is 0 Å². The molecular formula is C10H14BrNO2S2. The summed E-state index contributed by atoms with van der Waals surface area (Å²) in [6, 6.07) is 1.69. The lowest BCUT2D eigenvalue weighted by atomic mass is 10.4. The SMILES string of the molecule is C=CCN(CC)S(=O)(=O)c1cc(C)c(Br)s1. The van der Waals surface area contributed by atoms with Gasteiger partial charge in [0, 0.05) is 13.1 Å². The molecule has 0 aliphatic heterocycles. The third-order valence-corrected chi connectivity index (χ3v) is 6.64. The average Bonchev–Trinajstić information content (AvgIpc) is 2.56. The summed E-state index contributed by atoms with van der Waals surface area (Å²) >= 11 is 4.58. The van der Waals surface area contributed by atoms with Crippen molar-refractivity contribution in [2.24, 2.45) is 0 Å². The number of aryl methyl sites for hydroxylation is 1. The predicted octanol–water partition coefficient (Wildman–Crippen LogP) is 3.02. The van der Waals surface area contributed by atoms with Gasteiger partial charge in [0.15, 0.2) is 0 Å². The maximum Gasteiger partial charge on any atom is 0.252 e. The second-order valence-electron chi connectivity index (χ2n) is 3.27. The van der Waals surface area contributed by atoms with Crippen LogP contribution in [-0.4, -0.2) is 25.8 Å². The minimum atomic E-state index is -3.36. The van der Waals surface area contributed by atoms with Gasteiger partial charge in [0.2, 0.25) is 0 Å². The molecule has 0 N–H and O–H groups in total. The molecule has 3 nitrogen and oxygen atoms in total. The first-order valence-electron chi connectivity index (χ1n) is 4.80. The summed E-state index contributed by atoms with van der Waals surface area (Å²) in [5.74, 6) is 0. The van der Waals surface area contributed by atoms with E-state index in [9.17, 15) is 8.42 Å². The van der Waals surface area contributed by atoms with Gasteiger partial charge >= 0.3 is 0 Å². The van der Waals surface area contributed by atoms with Gasteiger partial charge in [-0.25, -0.2) is 8.42 Å². The van der Waals surface area contributed by atoms with Crippen LogP contribution >= 0.6 is 27.3 Å². The fraction of sp³-hybridized carbons (Fsp3) is 0.400. The molecule has 1 aromatic heterocycles. The number of halogens is 1. The Morgan fingerprint density at radius 1 is 1.62 bits per heavy atom. The van der Waals surface area contributed by atoms with Crippen LogP contribution in [0.1, 0.15) is 12.5 Å². The molecule has 0 unspecified atom stereocenters. The molecule has 1 rings (SSSR count). The Hall–Kier alpha value is -0.170. The molecule has 0 radical (unpaired) electrons. The van der Waals surface area contributed by atoms with Gasteiger partial charge in [0.05, 0.1) is 3.79 Å². The maximum atomic E-state index is 12.2. The second kappa shape index (κ2) is 5.44. The zero-order valence-corrected chi connectivity index (χ0v) is 12.5. The number of hydrogen-bond donors (Lipinski definition) is 0. The second-order valence-corrected chi connectivity index (χ2v) is 7.80. The van der Waals surface area contributed by atoms with E-state index in [1.54, 1.807) is 12.1 Å². The Labute approximate surface area is 109 Å². The van der Waals surface area contributed by atoms with Crippen LogP contribution in [0.5, 0.6) is 0 Å². The molecule has 1 aromatic rings. The van der Waals surface area contributed by atoms with E-state index in [0.29, 0.717) is 17.3 Å². The van der Waals surface area contributed by atoms with E-state index in [-0.39, 0.29) is 0 Å². The highest BCUT2D eigenvalue weighted by molar-refractivity contribution is 9.11. The standard InChI is InChI=1S/C10H14BrNO2S2/c1-4-6-12(5-2)16(13,14)9-7-8(3)10(11)15-9/h4,7H,1,5-6H2,2-3H3. The molecule has 0 bridgehead atoms. The Kier molecular flexibility index (Phi) is 4.73. The number of nitrogens with zero attached hydrogens (tertiary/aromatic N) is 1. The molecule has 0 amide bonds. The minimum Gasteiger partial charge on any atom is -0.206 e. The molecule has 0 spiro atoms. The van der Waals surface area contributed by atoms with E-state index in [1.807, 2.05) is 13.8 Å². The third kappa shape index (κ3) is 2.74. The Bertz CT molecular complexity index is 460. The summed E-state index contributed by atoms with van der Waals surface area (Å²) in [7, 11) is -3.36. The molecule has 0 saturated carbocycles. The monoisotopic (exact) mass is 323 g/mol. The van der Waals surface area contributed by atoms with Crippen LogP contribution < -0.4 is 0 Å². The quantitative estimate of drug-likeness (QED) is 0.781. The van der Waals surface area contributed by atoms with Gasteiger partial charge < -0.3 is 0 Å². The summed E-state index contributed by atoms with van der Waals surface area (Å²) < 4.78 is 27.0. The lowest BCUT2D eigenvalue weighted by molar-refractivity contribution is 0.461. The van der Waals surface area contributed by atoms with E-state index < -0.39 is 10.0 Å². The van der Waals surface area contributed by atoms with E-state index in [4.69, 9.17) is 0 Å². The van der Waals surface area contributed by atoms with Gasteiger partial charge in [-0.1, -0.05) is 13.0 Å². The van der Waals surface area contributed by atoms with Crippen molar-refractivity contribution in [1.29, 1.82) is 0 Å². The van der Waals surface area contributed by atoms with E-state index >= 15 is 0 Å². The summed E-state index contributed by atoms with van der Waals surface area (Å²) in [5.41, 5.74) is 0.943. The van der Waals surface area contributed by atoms with Crippen LogP contribution in [0, 0.1) is 6.92 Å². The van der Waals surface area contributed by atoms with Crippen LogP contribution in [-0.2, 0) is 10.0 Å². The van der Waals surface area contributed by atoms with E-state index in [0.717, 1.165) is 9.35 Å². The van der Waals surface area contributed by atoms with Gasteiger partial charge in [-0.3, -0.25) is 0 Å². The first kappa shape index (κ1) is 13.9. The Morgan fingerprint density at radius 2 is 2.25 bits per heavy atom. The highest BCUT2D eigenvalue weighted by Crippen LogP contribution is 2.32. The van der Waals surface area contributed by atoms with Crippen molar-refractivity contribution in [2.45, 2.75) is 18.1 Å². The Morgan fingerprint density at radius 3 is 2.62 bits per heavy atom. The van der Waals surface area contributed by atoms with Crippen molar-refractivity contribution >= 4 is 37.3 Å². The topological polar surface area (TPSA) is 37.4 Å². The zero-order chi connectivity index (χ0) is 12.3. The molecule has 0 atom stereocenters. The minimum absolute atomic E-state index is 0.341. The highest BCUT2D eigenvalue weighted by Gasteiger charge is 2.24. The molecule has 0 aromatic carbocycles. The van der Waals surface area contributed by atoms with Crippen molar-refractivity contribution in [2.75, 3.05) is 13.1 Å². The van der Waals surface area contributed by atoms with Gasteiger partial charge in [-0.05, 0) is 34.5 Å². The molecule has 0 fully saturated rings. The highest BCUT2D eigenvalue weighted by atomic mass is 79.9. The first-order chi connectivity index (χ1) is 7.43. The normalized spacial score (nSPS) is 12.0. The lowest BCUT2D eigenvalue weighted by Gasteiger charge is -2.17. The molecule has 0 saturated heterocycles. The average molecular weight is 324 g/mol. The van der Waals surface area contributed by atoms with Crippen molar-refractivity contribution in [3.05, 3.63) is 28.1 Å². The van der Waals surface area contributed by atoms with Crippen LogP contribution in [0.2, 0.25) is 0 Å². The summed E-state index contributed by atoms with van der Waals surface area (Å²) in [4.78, 5) is 0. The number of hydrogen-bond acceptors (Lipinski definition) is 3. The van der Waals surface area contributed by atoms with Crippen LogP contribution in [0.4, 0.5) is 0 Å². The molecule has 0 aliphatic carbocycles. The van der Waals surface area contributed by atoms with Crippen LogP contribution in [0.15, 0.2) is 26.7 Å². The van der Waals surface area contributed by atoms with Crippen molar-refractivity contribution < 1.29 is 8.42 Å². The molecule has 90 valence electrons. The summed E-state index contributed by atoms with van der Waals surface area (Å²) in [5, 5.41) is 0.